The van der Waals surface area contributed by atoms with Crippen LogP contribution in [0.1, 0.15) is 6.92 Å². The molecule has 18 heavy (non-hydrogen) atoms. The maximum Gasteiger partial charge on any atom is 0.260 e. The summed E-state index contributed by atoms with van der Waals surface area (Å²) >= 11 is 3.36. The molecule has 0 bridgehead atoms. The van der Waals surface area contributed by atoms with E-state index in [0.29, 0.717) is 5.75 Å². The summed E-state index contributed by atoms with van der Waals surface area (Å²) < 4.78 is 6.49. The first-order chi connectivity index (χ1) is 8.66. The number of rotatable bonds is 3. The molecule has 0 saturated carbocycles. The number of nitrogens with one attached hydrogen (secondary N) is 1. The summed E-state index contributed by atoms with van der Waals surface area (Å²) in [6.07, 6.45) is 0. The summed E-state index contributed by atoms with van der Waals surface area (Å²) in [7, 11) is 0. The van der Waals surface area contributed by atoms with Crippen LogP contribution in [0.25, 0.3) is 0 Å². The van der Waals surface area contributed by atoms with Crippen LogP contribution in [-0.2, 0) is 4.79 Å². The van der Waals surface area contributed by atoms with Crippen molar-refractivity contribution in [3.63, 3.8) is 0 Å². The van der Waals surface area contributed by atoms with Gasteiger partial charge in [0.25, 0.3) is 5.91 Å². The molecule has 1 aliphatic rings. The number of benzene rings is 1. The average Bonchev–Trinajstić information content (AvgIpc) is 2.38. The number of nitrogens with zero attached hydrogens (tertiary/aromatic N) is 1. The fourth-order valence-electron chi connectivity index (χ4n) is 1.97. The van der Waals surface area contributed by atoms with E-state index in [4.69, 9.17) is 4.74 Å². The smallest absolute Gasteiger partial charge is 0.260 e. The Morgan fingerprint density at radius 1 is 1.50 bits per heavy atom. The van der Waals surface area contributed by atoms with E-state index in [1.54, 1.807) is 0 Å². The molecule has 5 heteroatoms. The first kappa shape index (κ1) is 13.4. The molecule has 0 spiro atoms. The summed E-state index contributed by atoms with van der Waals surface area (Å²) in [5, 5.41) is 3.26. The van der Waals surface area contributed by atoms with Gasteiger partial charge in [-0.05, 0) is 31.2 Å². The first-order valence-corrected chi connectivity index (χ1v) is 6.84. The molecule has 1 fully saturated rings. The molecule has 4 nitrogen and oxygen atoms in total. The lowest BCUT2D eigenvalue weighted by Crippen LogP contribution is -2.53. The summed E-state index contributed by atoms with van der Waals surface area (Å²) in [6.45, 7) is 4.61. The van der Waals surface area contributed by atoms with Crippen molar-refractivity contribution >= 4 is 21.8 Å². The summed E-state index contributed by atoms with van der Waals surface area (Å²) in [5.74, 6) is 0.765. The molecule has 0 radical (unpaired) electrons. The average molecular weight is 313 g/mol. The second-order valence-corrected chi connectivity index (χ2v) is 5.30. The molecular weight excluding hydrogens is 296 g/mol. The van der Waals surface area contributed by atoms with Crippen LogP contribution in [0.5, 0.6) is 5.75 Å². The van der Waals surface area contributed by atoms with Gasteiger partial charge in [0.05, 0.1) is 0 Å². The highest BCUT2D eigenvalue weighted by Gasteiger charge is 2.22. The molecule has 1 saturated heterocycles. The maximum atomic E-state index is 12.0. The third-order valence-corrected chi connectivity index (χ3v) is 3.53. The lowest BCUT2D eigenvalue weighted by Gasteiger charge is -2.33. The van der Waals surface area contributed by atoms with Crippen molar-refractivity contribution < 1.29 is 9.53 Å². The highest BCUT2D eigenvalue weighted by molar-refractivity contribution is 9.10. The van der Waals surface area contributed by atoms with Gasteiger partial charge in [-0.15, -0.1) is 0 Å². The van der Waals surface area contributed by atoms with Crippen molar-refractivity contribution in [1.29, 1.82) is 0 Å². The molecule has 1 amide bonds. The van der Waals surface area contributed by atoms with Gasteiger partial charge in [0.15, 0.2) is 6.61 Å². The molecule has 2 rings (SSSR count). The highest BCUT2D eigenvalue weighted by Crippen LogP contribution is 2.16. The number of hydrogen-bond acceptors (Lipinski definition) is 3. The number of halogens is 1. The van der Waals surface area contributed by atoms with Crippen molar-refractivity contribution in [3.8, 4) is 5.75 Å². The van der Waals surface area contributed by atoms with Gasteiger partial charge in [-0.1, -0.05) is 15.9 Å². The van der Waals surface area contributed by atoms with E-state index >= 15 is 0 Å². The Labute approximate surface area is 115 Å². The highest BCUT2D eigenvalue weighted by atomic mass is 79.9. The number of carbonyl (C=O) groups is 1. The van der Waals surface area contributed by atoms with E-state index < -0.39 is 0 Å². The minimum Gasteiger partial charge on any atom is -0.484 e. The Bertz CT molecular complexity index is 408. The van der Waals surface area contributed by atoms with Gasteiger partial charge < -0.3 is 15.0 Å². The van der Waals surface area contributed by atoms with Gasteiger partial charge in [-0.3, -0.25) is 4.79 Å². The lowest BCUT2D eigenvalue weighted by molar-refractivity contribution is -0.136. The topological polar surface area (TPSA) is 41.6 Å². The van der Waals surface area contributed by atoms with Gasteiger partial charge in [0.1, 0.15) is 5.75 Å². The van der Waals surface area contributed by atoms with Gasteiger partial charge in [-0.2, -0.15) is 0 Å². The molecule has 1 atom stereocenters. The number of amides is 1. The first-order valence-electron chi connectivity index (χ1n) is 6.05. The van der Waals surface area contributed by atoms with E-state index in [1.165, 1.54) is 0 Å². The minimum absolute atomic E-state index is 0.0481. The second-order valence-electron chi connectivity index (χ2n) is 4.38. The fourth-order valence-corrected chi connectivity index (χ4v) is 2.23. The molecular formula is C13H17BrN2O2. The van der Waals surface area contributed by atoms with Crippen LogP contribution in [0, 0.1) is 0 Å². The maximum absolute atomic E-state index is 12.0. The molecule has 0 unspecified atom stereocenters. The van der Waals surface area contributed by atoms with Crippen molar-refractivity contribution in [2.45, 2.75) is 13.0 Å². The largest absolute Gasteiger partial charge is 0.484 e. The molecule has 1 aromatic rings. The molecule has 98 valence electrons. The van der Waals surface area contributed by atoms with Crippen molar-refractivity contribution in [2.24, 2.45) is 0 Å². The molecule has 1 aliphatic heterocycles. The van der Waals surface area contributed by atoms with Crippen molar-refractivity contribution in [2.75, 3.05) is 26.2 Å². The van der Waals surface area contributed by atoms with Crippen LogP contribution in [0.15, 0.2) is 28.7 Å². The van der Waals surface area contributed by atoms with E-state index in [1.807, 2.05) is 36.1 Å². The zero-order valence-corrected chi connectivity index (χ0v) is 11.9. The molecule has 1 N–H and O–H groups in total. The third kappa shape index (κ3) is 3.46. The number of carbonyl (C=O) groups excluding carboxylic acids is 1. The SMILES string of the molecule is C[C@@H]1CNCCN1C(=O)COc1ccc(Br)cc1. The molecule has 1 aromatic carbocycles. The monoisotopic (exact) mass is 312 g/mol. The predicted octanol–water partition coefficient (Wildman–Crippen LogP) is 1.65. The van der Waals surface area contributed by atoms with E-state index in [9.17, 15) is 4.79 Å². The van der Waals surface area contributed by atoms with Crippen molar-refractivity contribution in [3.05, 3.63) is 28.7 Å². The van der Waals surface area contributed by atoms with Gasteiger partial charge >= 0.3 is 0 Å². The standard InChI is InChI=1S/C13H17BrN2O2/c1-10-8-15-6-7-16(10)13(17)9-18-12-4-2-11(14)3-5-12/h2-5,10,15H,6-9H2,1H3/t10-/m1/s1. The lowest BCUT2D eigenvalue weighted by atomic mass is 10.2. The molecule has 0 aliphatic carbocycles. The third-order valence-electron chi connectivity index (χ3n) is 3.00. The predicted molar refractivity (Wildman–Crippen MR) is 73.7 cm³/mol. The summed E-state index contributed by atoms with van der Waals surface area (Å²) in [6, 6.07) is 7.72. The normalized spacial score (nSPS) is 19.7. The minimum atomic E-state index is 0.0481. The van der Waals surface area contributed by atoms with Crippen LogP contribution in [0.2, 0.25) is 0 Å². The Kier molecular flexibility index (Phi) is 4.60. The van der Waals surface area contributed by atoms with Crippen LogP contribution in [-0.4, -0.2) is 43.1 Å². The number of hydrogen-bond donors (Lipinski definition) is 1. The number of piperazine rings is 1. The summed E-state index contributed by atoms with van der Waals surface area (Å²) in [5.41, 5.74) is 0. The Balaban J connectivity index is 1.85. The van der Waals surface area contributed by atoms with E-state index in [2.05, 4.69) is 21.2 Å². The Morgan fingerprint density at radius 3 is 2.89 bits per heavy atom. The molecule has 1 heterocycles. The van der Waals surface area contributed by atoms with Crippen LogP contribution < -0.4 is 10.1 Å². The van der Waals surface area contributed by atoms with E-state index in [-0.39, 0.29) is 18.6 Å². The fraction of sp³-hybridized carbons (Fsp3) is 0.462. The Hall–Kier alpha value is -1.07. The van der Waals surface area contributed by atoms with Gasteiger partial charge in [-0.25, -0.2) is 0 Å². The summed E-state index contributed by atoms with van der Waals surface area (Å²) in [4.78, 5) is 13.9. The van der Waals surface area contributed by atoms with Crippen LogP contribution in [0.4, 0.5) is 0 Å². The Morgan fingerprint density at radius 2 is 2.22 bits per heavy atom. The second kappa shape index (κ2) is 6.20. The zero-order valence-electron chi connectivity index (χ0n) is 10.4. The van der Waals surface area contributed by atoms with Gasteiger partial charge in [0.2, 0.25) is 0 Å². The van der Waals surface area contributed by atoms with Crippen molar-refractivity contribution in [1.82, 2.24) is 10.2 Å². The van der Waals surface area contributed by atoms with Gasteiger partial charge in [0, 0.05) is 30.1 Å². The molecule has 0 aromatic heterocycles. The quantitative estimate of drug-likeness (QED) is 0.922. The zero-order chi connectivity index (χ0) is 13.0. The van der Waals surface area contributed by atoms with E-state index in [0.717, 1.165) is 24.1 Å². The van der Waals surface area contributed by atoms with Crippen LogP contribution >= 0.6 is 15.9 Å². The number of ether oxygens (including phenoxy) is 1. The van der Waals surface area contributed by atoms with Crippen LogP contribution in [0.3, 0.4) is 0 Å².